The number of benzene rings is 2. The zero-order valence-electron chi connectivity index (χ0n) is 23.2. The van der Waals surface area contributed by atoms with Crippen LogP contribution in [0.25, 0.3) is 11.3 Å². The molecule has 0 saturated carbocycles. The molecule has 1 aromatic heterocycles. The third-order valence-electron chi connectivity index (χ3n) is 7.72. The predicted molar refractivity (Wildman–Crippen MR) is 158 cm³/mol. The number of hydrogen-bond acceptors (Lipinski definition) is 3. The van der Waals surface area contributed by atoms with Gasteiger partial charge in [-0.3, -0.25) is 9.69 Å². The van der Waals surface area contributed by atoms with Crippen LogP contribution in [0.1, 0.15) is 46.9 Å². The zero-order chi connectivity index (χ0) is 25.7. The number of aromatic nitrogens is 1. The molecule has 1 amide bonds. The molecule has 0 unspecified atom stereocenters. The van der Waals surface area contributed by atoms with Crippen molar-refractivity contribution in [2.75, 3.05) is 51.2 Å². The van der Waals surface area contributed by atoms with E-state index in [-0.39, 0.29) is 18.3 Å². The zero-order valence-corrected chi connectivity index (χ0v) is 24.0. The van der Waals surface area contributed by atoms with Gasteiger partial charge in [-0.1, -0.05) is 49.4 Å². The van der Waals surface area contributed by atoms with E-state index >= 15 is 0 Å². The van der Waals surface area contributed by atoms with Gasteiger partial charge >= 0.3 is 0 Å². The fourth-order valence-corrected chi connectivity index (χ4v) is 5.35. The Hall–Kier alpha value is -2.76. The van der Waals surface area contributed by atoms with E-state index in [4.69, 9.17) is 0 Å². The fourth-order valence-electron chi connectivity index (χ4n) is 5.35. The maximum absolute atomic E-state index is 13.4. The Balaban J connectivity index is 0.00000380. The second-order valence-electron chi connectivity index (χ2n) is 10.2. The second kappa shape index (κ2) is 13.2. The van der Waals surface area contributed by atoms with Crippen molar-refractivity contribution in [1.82, 2.24) is 14.4 Å². The van der Waals surface area contributed by atoms with E-state index in [1.807, 2.05) is 18.0 Å². The number of carbonyl (C=O) groups excluding carboxylic acids is 1. The van der Waals surface area contributed by atoms with Crippen molar-refractivity contribution in [1.29, 1.82) is 0 Å². The van der Waals surface area contributed by atoms with Crippen LogP contribution in [0, 0.1) is 20.8 Å². The minimum absolute atomic E-state index is 0. The number of rotatable bonds is 9. The standard InChI is InChI=1S/C31H42N4O.ClH/c1-6-16-35-26(4)28(23-30(35)27-13-8-7-9-14-27)31(36)32(5)17-11-18-33-19-21-34(22-20-33)29-15-10-12-24(2)25(29)3;/h7-10,12-15,23H,6,11,16-22H2,1-5H3;1H. The lowest BCUT2D eigenvalue weighted by molar-refractivity contribution is 0.0787. The summed E-state index contributed by atoms with van der Waals surface area (Å²) in [5, 5.41) is 0. The van der Waals surface area contributed by atoms with Crippen LogP contribution in [-0.2, 0) is 6.54 Å². The minimum Gasteiger partial charge on any atom is -0.369 e. The van der Waals surface area contributed by atoms with Crippen molar-refractivity contribution in [3.63, 3.8) is 0 Å². The Bertz CT molecular complexity index is 1170. The summed E-state index contributed by atoms with van der Waals surface area (Å²) in [4.78, 5) is 20.4. The van der Waals surface area contributed by atoms with Crippen LogP contribution in [0.3, 0.4) is 0 Å². The number of carbonyl (C=O) groups is 1. The molecule has 37 heavy (non-hydrogen) atoms. The molecule has 0 radical (unpaired) electrons. The van der Waals surface area contributed by atoms with E-state index in [0.717, 1.165) is 81.2 Å². The molecule has 0 spiro atoms. The summed E-state index contributed by atoms with van der Waals surface area (Å²) in [5.74, 6) is 0.124. The molecule has 0 bridgehead atoms. The topological polar surface area (TPSA) is 31.7 Å². The van der Waals surface area contributed by atoms with E-state index in [1.165, 1.54) is 16.8 Å². The highest BCUT2D eigenvalue weighted by atomic mass is 35.5. The van der Waals surface area contributed by atoms with Gasteiger partial charge in [-0.25, -0.2) is 0 Å². The third kappa shape index (κ3) is 6.58. The van der Waals surface area contributed by atoms with Crippen molar-refractivity contribution in [3.05, 3.63) is 77.0 Å². The van der Waals surface area contributed by atoms with E-state index in [2.05, 4.69) is 90.6 Å². The smallest absolute Gasteiger partial charge is 0.255 e. The molecule has 4 rings (SSSR count). The fraction of sp³-hybridized carbons (Fsp3) is 0.452. The van der Waals surface area contributed by atoms with E-state index in [1.54, 1.807) is 0 Å². The van der Waals surface area contributed by atoms with Gasteiger partial charge in [-0.2, -0.15) is 0 Å². The number of nitrogens with zero attached hydrogens (tertiary/aromatic N) is 4. The number of amides is 1. The summed E-state index contributed by atoms with van der Waals surface area (Å²) in [6, 6.07) is 19.1. The number of anilines is 1. The molecule has 6 heteroatoms. The first-order valence-corrected chi connectivity index (χ1v) is 13.4. The van der Waals surface area contributed by atoms with Crippen molar-refractivity contribution in [2.45, 2.75) is 47.1 Å². The highest BCUT2D eigenvalue weighted by Crippen LogP contribution is 2.27. The van der Waals surface area contributed by atoms with Gasteiger partial charge < -0.3 is 14.4 Å². The first-order valence-electron chi connectivity index (χ1n) is 13.4. The minimum atomic E-state index is 0. The molecule has 0 aliphatic carbocycles. The van der Waals surface area contributed by atoms with Gasteiger partial charge in [-0.05, 0) is 69.0 Å². The van der Waals surface area contributed by atoms with Gasteiger partial charge in [0.25, 0.3) is 5.91 Å². The summed E-state index contributed by atoms with van der Waals surface area (Å²) < 4.78 is 2.30. The summed E-state index contributed by atoms with van der Waals surface area (Å²) in [6.45, 7) is 15.7. The lowest BCUT2D eigenvalue weighted by Gasteiger charge is -2.37. The largest absolute Gasteiger partial charge is 0.369 e. The number of halogens is 1. The van der Waals surface area contributed by atoms with E-state index < -0.39 is 0 Å². The lowest BCUT2D eigenvalue weighted by Crippen LogP contribution is -2.47. The molecular weight excluding hydrogens is 480 g/mol. The average Bonchev–Trinajstić information content (AvgIpc) is 3.22. The molecule has 2 aromatic carbocycles. The molecule has 5 nitrogen and oxygen atoms in total. The van der Waals surface area contributed by atoms with Crippen molar-refractivity contribution >= 4 is 24.0 Å². The molecule has 1 saturated heterocycles. The van der Waals surface area contributed by atoms with Gasteiger partial charge in [-0.15, -0.1) is 12.4 Å². The third-order valence-corrected chi connectivity index (χ3v) is 7.72. The van der Waals surface area contributed by atoms with Crippen LogP contribution in [0.2, 0.25) is 0 Å². The monoisotopic (exact) mass is 522 g/mol. The van der Waals surface area contributed by atoms with Gasteiger partial charge in [0.05, 0.1) is 5.56 Å². The molecule has 1 fully saturated rings. The molecule has 3 aromatic rings. The summed E-state index contributed by atoms with van der Waals surface area (Å²) in [6.07, 6.45) is 2.03. The summed E-state index contributed by atoms with van der Waals surface area (Å²) in [5.41, 5.74) is 8.31. The van der Waals surface area contributed by atoms with Crippen LogP contribution in [-0.4, -0.2) is 66.6 Å². The van der Waals surface area contributed by atoms with E-state index in [9.17, 15) is 4.79 Å². The number of aryl methyl sites for hydroxylation is 1. The predicted octanol–water partition coefficient (Wildman–Crippen LogP) is 6.20. The molecule has 2 heterocycles. The van der Waals surface area contributed by atoms with Crippen molar-refractivity contribution < 1.29 is 4.79 Å². The maximum Gasteiger partial charge on any atom is 0.255 e. The Kier molecular flexibility index (Phi) is 10.2. The SMILES string of the molecule is CCCn1c(-c2ccccc2)cc(C(=O)N(C)CCCN2CCN(c3cccc(C)c3C)CC2)c1C.Cl. The molecule has 200 valence electrons. The maximum atomic E-state index is 13.4. The molecule has 1 aliphatic rings. The first kappa shape index (κ1) is 28.8. The normalized spacial score (nSPS) is 13.9. The Morgan fingerprint density at radius 2 is 1.62 bits per heavy atom. The van der Waals surface area contributed by atoms with Gasteiger partial charge in [0.1, 0.15) is 0 Å². The van der Waals surface area contributed by atoms with Crippen LogP contribution in [0.4, 0.5) is 5.69 Å². The Labute approximate surface area is 229 Å². The summed E-state index contributed by atoms with van der Waals surface area (Å²) >= 11 is 0. The lowest BCUT2D eigenvalue weighted by atomic mass is 10.1. The van der Waals surface area contributed by atoms with Crippen molar-refractivity contribution in [2.24, 2.45) is 0 Å². The van der Waals surface area contributed by atoms with Gasteiger partial charge in [0, 0.05) is 63.4 Å². The van der Waals surface area contributed by atoms with Gasteiger partial charge in [0.2, 0.25) is 0 Å². The van der Waals surface area contributed by atoms with Crippen LogP contribution >= 0.6 is 12.4 Å². The Morgan fingerprint density at radius 1 is 0.919 bits per heavy atom. The molecule has 0 N–H and O–H groups in total. The Morgan fingerprint density at radius 3 is 2.30 bits per heavy atom. The first-order chi connectivity index (χ1) is 17.4. The van der Waals surface area contributed by atoms with E-state index in [0.29, 0.717) is 0 Å². The molecule has 1 aliphatic heterocycles. The second-order valence-corrected chi connectivity index (χ2v) is 10.2. The highest BCUT2D eigenvalue weighted by Gasteiger charge is 2.22. The quantitative estimate of drug-likeness (QED) is 0.335. The van der Waals surface area contributed by atoms with Crippen LogP contribution < -0.4 is 4.90 Å². The van der Waals surface area contributed by atoms with Gasteiger partial charge in [0.15, 0.2) is 0 Å². The van der Waals surface area contributed by atoms with Crippen LogP contribution in [0.15, 0.2) is 54.6 Å². The van der Waals surface area contributed by atoms with Crippen molar-refractivity contribution in [3.8, 4) is 11.3 Å². The average molecular weight is 523 g/mol. The number of hydrogen-bond donors (Lipinski definition) is 0. The summed E-state index contributed by atoms with van der Waals surface area (Å²) in [7, 11) is 1.94. The molecule has 0 atom stereocenters. The van der Waals surface area contributed by atoms with Crippen LogP contribution in [0.5, 0.6) is 0 Å². The number of piperazine rings is 1. The highest BCUT2D eigenvalue weighted by molar-refractivity contribution is 5.96. The molecular formula is C31H43ClN4O.